The maximum absolute atomic E-state index is 12.9. The summed E-state index contributed by atoms with van der Waals surface area (Å²) in [5.41, 5.74) is 2.85. The molecule has 1 N–H and O–H groups in total. The van der Waals surface area contributed by atoms with E-state index in [0.29, 0.717) is 19.4 Å². The molecule has 1 atom stereocenters. The summed E-state index contributed by atoms with van der Waals surface area (Å²) in [4.78, 5) is 27.1. The van der Waals surface area contributed by atoms with E-state index in [1.165, 1.54) is 11.3 Å². The van der Waals surface area contributed by atoms with E-state index >= 15 is 0 Å². The smallest absolute Gasteiger partial charge is 0.255 e. The zero-order valence-electron chi connectivity index (χ0n) is 14.8. The lowest BCUT2D eigenvalue weighted by atomic mass is 10.0. The number of thiophene rings is 1. The van der Waals surface area contributed by atoms with Crippen molar-refractivity contribution >= 4 is 28.2 Å². The lowest BCUT2D eigenvalue weighted by Crippen LogP contribution is -2.28. The number of fused-ring (bicyclic) bond motifs is 1. The molecular formula is C22H20N2O2S. The highest BCUT2D eigenvalue weighted by Crippen LogP contribution is 2.37. The van der Waals surface area contributed by atoms with Crippen LogP contribution in [0.25, 0.3) is 0 Å². The minimum absolute atomic E-state index is 0.0195. The van der Waals surface area contributed by atoms with E-state index in [9.17, 15) is 9.59 Å². The van der Waals surface area contributed by atoms with Crippen LogP contribution in [0, 0.1) is 0 Å². The van der Waals surface area contributed by atoms with Crippen LogP contribution in [0.5, 0.6) is 0 Å². The molecule has 4 rings (SSSR count). The molecule has 0 saturated carbocycles. The van der Waals surface area contributed by atoms with Crippen LogP contribution in [0.3, 0.4) is 0 Å². The molecule has 2 aromatic carbocycles. The number of hydrogen-bond acceptors (Lipinski definition) is 3. The van der Waals surface area contributed by atoms with Gasteiger partial charge in [0.1, 0.15) is 0 Å². The molecule has 1 aliphatic rings. The molecule has 0 spiro atoms. The summed E-state index contributed by atoms with van der Waals surface area (Å²) in [5, 5.41) is 5.71. The quantitative estimate of drug-likeness (QED) is 0.668. The standard InChI is InChI=1S/C22H20N2O2S/c25-20(23-21-11-6-14-27-21)13-12-19-17-9-4-5-10-18(17)22(26)24(19)15-16-7-2-1-3-8-16/h1-11,14,19H,12-13,15H2,(H,23,25). The highest BCUT2D eigenvalue weighted by molar-refractivity contribution is 7.14. The number of rotatable bonds is 6. The van der Waals surface area contributed by atoms with E-state index in [-0.39, 0.29) is 17.9 Å². The number of anilines is 1. The second-order valence-electron chi connectivity index (χ2n) is 6.59. The van der Waals surface area contributed by atoms with Gasteiger partial charge in [0.05, 0.1) is 11.0 Å². The molecule has 0 aliphatic carbocycles. The molecule has 2 heterocycles. The third-order valence-corrected chi connectivity index (χ3v) is 5.60. The molecule has 3 aromatic rings. The molecule has 0 saturated heterocycles. The van der Waals surface area contributed by atoms with Crippen molar-refractivity contribution < 1.29 is 9.59 Å². The van der Waals surface area contributed by atoms with E-state index < -0.39 is 0 Å². The molecule has 4 nitrogen and oxygen atoms in total. The first kappa shape index (κ1) is 17.5. The molecule has 27 heavy (non-hydrogen) atoms. The van der Waals surface area contributed by atoms with Gasteiger partial charge in [-0.3, -0.25) is 9.59 Å². The van der Waals surface area contributed by atoms with Gasteiger partial charge in [-0.1, -0.05) is 48.5 Å². The zero-order chi connectivity index (χ0) is 18.6. The summed E-state index contributed by atoms with van der Waals surface area (Å²) in [6.07, 6.45) is 0.974. The third-order valence-electron chi connectivity index (χ3n) is 4.81. The number of nitrogens with one attached hydrogen (secondary N) is 1. The van der Waals surface area contributed by atoms with Gasteiger partial charge in [-0.25, -0.2) is 0 Å². The molecule has 0 radical (unpaired) electrons. The fraction of sp³-hybridized carbons (Fsp3) is 0.182. The summed E-state index contributed by atoms with van der Waals surface area (Å²) in [5.74, 6) is 0.0204. The molecule has 5 heteroatoms. The molecule has 2 amide bonds. The maximum Gasteiger partial charge on any atom is 0.255 e. The minimum atomic E-state index is -0.0806. The van der Waals surface area contributed by atoms with Gasteiger partial charge in [-0.05, 0) is 41.1 Å². The Labute approximate surface area is 162 Å². The van der Waals surface area contributed by atoms with Gasteiger partial charge in [0.25, 0.3) is 5.91 Å². The molecule has 0 fully saturated rings. The summed E-state index contributed by atoms with van der Waals surface area (Å²) in [6, 6.07) is 21.4. The number of benzene rings is 2. The molecule has 1 aromatic heterocycles. The monoisotopic (exact) mass is 376 g/mol. The van der Waals surface area contributed by atoms with E-state index in [4.69, 9.17) is 0 Å². The molecular weight excluding hydrogens is 356 g/mol. The van der Waals surface area contributed by atoms with Crippen LogP contribution in [0.15, 0.2) is 72.1 Å². The van der Waals surface area contributed by atoms with E-state index in [0.717, 1.165) is 21.7 Å². The fourth-order valence-corrected chi connectivity index (χ4v) is 4.17. The Kier molecular flexibility index (Phi) is 5.03. The van der Waals surface area contributed by atoms with Crippen molar-refractivity contribution in [3.05, 3.63) is 88.8 Å². The van der Waals surface area contributed by atoms with Gasteiger partial charge in [0, 0.05) is 18.5 Å². The Morgan fingerprint density at radius 1 is 1.00 bits per heavy atom. The SMILES string of the molecule is O=C(CCC1c2ccccc2C(=O)N1Cc1ccccc1)Nc1cccs1. The third kappa shape index (κ3) is 3.78. The Morgan fingerprint density at radius 3 is 2.56 bits per heavy atom. The van der Waals surface area contributed by atoms with Gasteiger partial charge >= 0.3 is 0 Å². The largest absolute Gasteiger partial charge is 0.327 e. The molecule has 0 bridgehead atoms. The summed E-state index contributed by atoms with van der Waals surface area (Å²) in [6.45, 7) is 0.547. The van der Waals surface area contributed by atoms with Gasteiger partial charge in [-0.15, -0.1) is 11.3 Å². The summed E-state index contributed by atoms with van der Waals surface area (Å²) >= 11 is 1.50. The van der Waals surface area contributed by atoms with Crippen LogP contribution in [0.4, 0.5) is 5.00 Å². The van der Waals surface area contributed by atoms with Crippen LogP contribution >= 0.6 is 11.3 Å². The lowest BCUT2D eigenvalue weighted by molar-refractivity contribution is -0.116. The van der Waals surface area contributed by atoms with Crippen LogP contribution < -0.4 is 5.32 Å². The highest BCUT2D eigenvalue weighted by Gasteiger charge is 2.36. The van der Waals surface area contributed by atoms with Gasteiger partial charge in [0.2, 0.25) is 5.91 Å². The van der Waals surface area contributed by atoms with Crippen LogP contribution in [0.1, 0.15) is 40.4 Å². The number of carbonyl (C=O) groups excluding carboxylic acids is 2. The van der Waals surface area contributed by atoms with E-state index in [1.54, 1.807) is 0 Å². The normalized spacial score (nSPS) is 15.6. The van der Waals surface area contributed by atoms with Crippen molar-refractivity contribution in [3.63, 3.8) is 0 Å². The van der Waals surface area contributed by atoms with Crippen LogP contribution in [-0.2, 0) is 11.3 Å². The number of nitrogens with zero attached hydrogens (tertiary/aromatic N) is 1. The van der Waals surface area contributed by atoms with Crippen molar-refractivity contribution in [2.45, 2.75) is 25.4 Å². The van der Waals surface area contributed by atoms with Crippen molar-refractivity contribution in [1.82, 2.24) is 4.90 Å². The first-order chi connectivity index (χ1) is 13.2. The fourth-order valence-electron chi connectivity index (χ4n) is 3.54. The average molecular weight is 376 g/mol. The van der Waals surface area contributed by atoms with Gasteiger partial charge in [-0.2, -0.15) is 0 Å². The Hall–Kier alpha value is -2.92. The first-order valence-electron chi connectivity index (χ1n) is 8.99. The Morgan fingerprint density at radius 2 is 1.78 bits per heavy atom. The van der Waals surface area contributed by atoms with Crippen molar-refractivity contribution in [3.8, 4) is 0 Å². The first-order valence-corrected chi connectivity index (χ1v) is 9.87. The van der Waals surface area contributed by atoms with Crippen molar-refractivity contribution in [1.29, 1.82) is 0 Å². The lowest BCUT2D eigenvalue weighted by Gasteiger charge is -2.25. The molecule has 1 aliphatic heterocycles. The molecule has 136 valence electrons. The Balaban J connectivity index is 1.51. The van der Waals surface area contributed by atoms with Crippen LogP contribution in [-0.4, -0.2) is 16.7 Å². The van der Waals surface area contributed by atoms with Gasteiger partial charge < -0.3 is 10.2 Å². The Bertz CT molecular complexity index is 938. The predicted molar refractivity (Wildman–Crippen MR) is 108 cm³/mol. The summed E-state index contributed by atoms with van der Waals surface area (Å²) < 4.78 is 0. The highest BCUT2D eigenvalue weighted by atomic mass is 32.1. The minimum Gasteiger partial charge on any atom is -0.327 e. The number of amides is 2. The van der Waals surface area contributed by atoms with Crippen LogP contribution in [0.2, 0.25) is 0 Å². The zero-order valence-corrected chi connectivity index (χ0v) is 15.6. The van der Waals surface area contributed by atoms with Crippen molar-refractivity contribution in [2.75, 3.05) is 5.32 Å². The van der Waals surface area contributed by atoms with E-state index in [2.05, 4.69) is 5.32 Å². The van der Waals surface area contributed by atoms with E-state index in [1.807, 2.05) is 77.0 Å². The number of hydrogen-bond donors (Lipinski definition) is 1. The number of carbonyl (C=O) groups is 2. The summed E-state index contributed by atoms with van der Waals surface area (Å²) in [7, 11) is 0. The second-order valence-corrected chi connectivity index (χ2v) is 7.53. The predicted octanol–water partition coefficient (Wildman–Crippen LogP) is 4.86. The molecule has 1 unspecified atom stereocenters. The average Bonchev–Trinajstić information content (AvgIpc) is 3.29. The topological polar surface area (TPSA) is 49.4 Å². The van der Waals surface area contributed by atoms with Gasteiger partial charge in [0.15, 0.2) is 0 Å². The maximum atomic E-state index is 12.9. The second kappa shape index (κ2) is 7.76. The van der Waals surface area contributed by atoms with Crippen molar-refractivity contribution in [2.24, 2.45) is 0 Å².